The Balaban J connectivity index is 1.77. The first-order valence-electron chi connectivity index (χ1n) is 6.05. The van der Waals surface area contributed by atoms with Crippen LogP contribution in [0.25, 0.3) is 11.5 Å². The first-order chi connectivity index (χ1) is 8.43. The monoisotopic (exact) mass is 232 g/mol. The third-order valence-corrected chi connectivity index (χ3v) is 3.13. The molecule has 0 spiro atoms. The SMILES string of the molecule is c1cn(CC2CCCCO2)c(-c2cnc[nH]2)n1. The van der Waals surface area contributed by atoms with Gasteiger partial charge in [-0.25, -0.2) is 9.97 Å². The summed E-state index contributed by atoms with van der Waals surface area (Å²) in [6.45, 7) is 1.76. The fourth-order valence-corrected chi connectivity index (χ4v) is 2.25. The van der Waals surface area contributed by atoms with Crippen molar-refractivity contribution in [1.82, 2.24) is 19.5 Å². The molecule has 2 aromatic rings. The van der Waals surface area contributed by atoms with E-state index in [1.54, 1.807) is 12.5 Å². The van der Waals surface area contributed by atoms with Crippen molar-refractivity contribution in [3.05, 3.63) is 24.9 Å². The summed E-state index contributed by atoms with van der Waals surface area (Å²) in [5, 5.41) is 0. The zero-order valence-electron chi connectivity index (χ0n) is 9.67. The van der Waals surface area contributed by atoms with Crippen LogP contribution in [0.2, 0.25) is 0 Å². The molecule has 0 amide bonds. The molecule has 0 saturated carbocycles. The Labute approximate surface area is 99.9 Å². The molecule has 0 bridgehead atoms. The van der Waals surface area contributed by atoms with E-state index in [0.717, 1.165) is 31.1 Å². The van der Waals surface area contributed by atoms with Gasteiger partial charge in [0, 0.05) is 19.0 Å². The van der Waals surface area contributed by atoms with Crippen LogP contribution >= 0.6 is 0 Å². The van der Waals surface area contributed by atoms with Crippen LogP contribution in [0.1, 0.15) is 19.3 Å². The third kappa shape index (κ3) is 2.24. The predicted octanol–water partition coefficient (Wildman–Crippen LogP) is 1.84. The minimum atomic E-state index is 0.319. The number of H-pyrrole nitrogens is 1. The Bertz CT molecular complexity index is 457. The van der Waals surface area contributed by atoms with Crippen LogP contribution in [0.15, 0.2) is 24.9 Å². The standard InChI is InChI=1S/C12H16N4O/c1-2-6-17-10(3-1)8-16-5-4-14-12(16)11-7-13-9-15-11/h4-5,7,9-10H,1-3,6,8H2,(H,13,15). The van der Waals surface area contributed by atoms with Gasteiger partial charge in [0.15, 0.2) is 5.82 Å². The number of nitrogens with one attached hydrogen (secondary N) is 1. The molecule has 0 aromatic carbocycles. The molecule has 17 heavy (non-hydrogen) atoms. The van der Waals surface area contributed by atoms with E-state index in [1.165, 1.54) is 12.8 Å². The van der Waals surface area contributed by atoms with E-state index in [1.807, 2.05) is 12.4 Å². The zero-order chi connectivity index (χ0) is 11.5. The van der Waals surface area contributed by atoms with Gasteiger partial charge >= 0.3 is 0 Å². The van der Waals surface area contributed by atoms with Gasteiger partial charge in [-0.1, -0.05) is 0 Å². The van der Waals surface area contributed by atoms with Gasteiger partial charge in [-0.15, -0.1) is 0 Å². The Morgan fingerprint density at radius 3 is 3.24 bits per heavy atom. The van der Waals surface area contributed by atoms with Gasteiger partial charge in [0.1, 0.15) is 5.69 Å². The van der Waals surface area contributed by atoms with Crippen LogP contribution in [0.3, 0.4) is 0 Å². The van der Waals surface area contributed by atoms with Gasteiger partial charge in [0.05, 0.1) is 25.2 Å². The number of rotatable bonds is 3. The second-order valence-corrected chi connectivity index (χ2v) is 4.36. The minimum Gasteiger partial charge on any atom is -0.376 e. The van der Waals surface area contributed by atoms with Crippen molar-refractivity contribution in [3.63, 3.8) is 0 Å². The summed E-state index contributed by atoms with van der Waals surface area (Å²) in [5.41, 5.74) is 0.950. The number of aromatic nitrogens is 4. The molecule has 1 N–H and O–H groups in total. The van der Waals surface area contributed by atoms with E-state index in [-0.39, 0.29) is 0 Å². The summed E-state index contributed by atoms with van der Waals surface area (Å²) in [5.74, 6) is 0.927. The van der Waals surface area contributed by atoms with E-state index in [9.17, 15) is 0 Å². The number of ether oxygens (including phenoxy) is 1. The number of nitrogens with zero attached hydrogens (tertiary/aromatic N) is 3. The van der Waals surface area contributed by atoms with Crippen molar-refractivity contribution in [2.24, 2.45) is 0 Å². The van der Waals surface area contributed by atoms with E-state index < -0.39 is 0 Å². The molecule has 1 unspecified atom stereocenters. The Kier molecular flexibility index (Phi) is 2.92. The van der Waals surface area contributed by atoms with Crippen LogP contribution < -0.4 is 0 Å². The number of imidazole rings is 2. The lowest BCUT2D eigenvalue weighted by atomic mass is 10.1. The number of hydrogen-bond donors (Lipinski definition) is 1. The van der Waals surface area contributed by atoms with Crippen LogP contribution in [-0.4, -0.2) is 32.2 Å². The van der Waals surface area contributed by atoms with Crippen molar-refractivity contribution >= 4 is 0 Å². The van der Waals surface area contributed by atoms with E-state index in [2.05, 4.69) is 19.5 Å². The first-order valence-corrected chi connectivity index (χ1v) is 6.05. The summed E-state index contributed by atoms with van der Waals surface area (Å²) < 4.78 is 7.88. The highest BCUT2D eigenvalue weighted by Crippen LogP contribution is 2.18. The summed E-state index contributed by atoms with van der Waals surface area (Å²) >= 11 is 0. The lowest BCUT2D eigenvalue weighted by molar-refractivity contribution is 0.00623. The molecule has 1 aliphatic heterocycles. The van der Waals surface area contributed by atoms with Crippen LogP contribution in [0.4, 0.5) is 0 Å². The van der Waals surface area contributed by atoms with Gasteiger partial charge in [-0.05, 0) is 19.3 Å². The fourth-order valence-electron chi connectivity index (χ4n) is 2.25. The van der Waals surface area contributed by atoms with Gasteiger partial charge in [-0.3, -0.25) is 0 Å². The highest BCUT2D eigenvalue weighted by molar-refractivity contribution is 5.47. The average molecular weight is 232 g/mol. The maximum atomic E-state index is 5.75. The fraction of sp³-hybridized carbons (Fsp3) is 0.500. The molecular formula is C12H16N4O. The molecule has 3 heterocycles. The van der Waals surface area contributed by atoms with Crippen LogP contribution in [-0.2, 0) is 11.3 Å². The molecule has 1 atom stereocenters. The van der Waals surface area contributed by atoms with E-state index in [0.29, 0.717) is 6.10 Å². The van der Waals surface area contributed by atoms with Crippen LogP contribution in [0, 0.1) is 0 Å². The maximum absolute atomic E-state index is 5.75. The quantitative estimate of drug-likeness (QED) is 0.878. The smallest absolute Gasteiger partial charge is 0.158 e. The summed E-state index contributed by atoms with van der Waals surface area (Å²) in [6, 6.07) is 0. The molecule has 0 radical (unpaired) electrons. The van der Waals surface area contributed by atoms with Gasteiger partial charge < -0.3 is 14.3 Å². The molecule has 5 nitrogen and oxygen atoms in total. The molecular weight excluding hydrogens is 216 g/mol. The summed E-state index contributed by atoms with van der Waals surface area (Å²) in [7, 11) is 0. The van der Waals surface area contributed by atoms with Crippen molar-refractivity contribution in [3.8, 4) is 11.5 Å². The molecule has 5 heteroatoms. The van der Waals surface area contributed by atoms with Crippen molar-refractivity contribution in [1.29, 1.82) is 0 Å². The lowest BCUT2D eigenvalue weighted by Gasteiger charge is -2.23. The highest BCUT2D eigenvalue weighted by Gasteiger charge is 2.16. The average Bonchev–Trinajstić information content (AvgIpc) is 3.00. The van der Waals surface area contributed by atoms with Crippen molar-refractivity contribution < 1.29 is 4.74 Å². The molecule has 2 aromatic heterocycles. The van der Waals surface area contributed by atoms with Gasteiger partial charge in [-0.2, -0.15) is 0 Å². The normalized spacial score (nSPS) is 20.6. The van der Waals surface area contributed by atoms with E-state index in [4.69, 9.17) is 4.74 Å². The third-order valence-electron chi connectivity index (χ3n) is 3.13. The molecule has 0 aliphatic carbocycles. The van der Waals surface area contributed by atoms with Crippen molar-refractivity contribution in [2.75, 3.05) is 6.61 Å². The Hall–Kier alpha value is -1.62. The topological polar surface area (TPSA) is 55.7 Å². The van der Waals surface area contributed by atoms with E-state index >= 15 is 0 Å². The molecule has 3 rings (SSSR count). The number of aromatic amines is 1. The van der Waals surface area contributed by atoms with Gasteiger partial charge in [0.25, 0.3) is 0 Å². The summed E-state index contributed by atoms with van der Waals surface area (Å²) in [4.78, 5) is 11.5. The highest BCUT2D eigenvalue weighted by atomic mass is 16.5. The summed E-state index contributed by atoms with van der Waals surface area (Å²) in [6.07, 6.45) is 11.2. The first kappa shape index (κ1) is 10.5. The molecule has 1 aliphatic rings. The second kappa shape index (κ2) is 4.71. The maximum Gasteiger partial charge on any atom is 0.158 e. The van der Waals surface area contributed by atoms with Crippen molar-refractivity contribution in [2.45, 2.75) is 31.9 Å². The molecule has 1 saturated heterocycles. The zero-order valence-corrected chi connectivity index (χ0v) is 9.67. The molecule has 1 fully saturated rings. The van der Waals surface area contributed by atoms with Gasteiger partial charge in [0.2, 0.25) is 0 Å². The molecule has 90 valence electrons. The predicted molar refractivity (Wildman–Crippen MR) is 63.4 cm³/mol. The number of hydrogen-bond acceptors (Lipinski definition) is 3. The lowest BCUT2D eigenvalue weighted by Crippen LogP contribution is -2.24. The largest absolute Gasteiger partial charge is 0.376 e. The minimum absolute atomic E-state index is 0.319. The Morgan fingerprint density at radius 2 is 2.47 bits per heavy atom. The Morgan fingerprint density at radius 1 is 1.47 bits per heavy atom. The van der Waals surface area contributed by atoms with Crippen LogP contribution in [0.5, 0.6) is 0 Å². The second-order valence-electron chi connectivity index (χ2n) is 4.36.